The number of thioether (sulfide) groups is 1. The van der Waals surface area contributed by atoms with Crippen molar-refractivity contribution in [3.05, 3.63) is 69.4 Å². The molecule has 10 heteroatoms. The number of rotatable bonds is 7. The molecule has 0 bridgehead atoms. The molecule has 0 aliphatic rings. The van der Waals surface area contributed by atoms with Gasteiger partial charge in [-0.05, 0) is 37.3 Å². The van der Waals surface area contributed by atoms with Crippen molar-refractivity contribution in [1.82, 2.24) is 9.55 Å². The first-order valence-corrected chi connectivity index (χ1v) is 10.2. The van der Waals surface area contributed by atoms with Crippen molar-refractivity contribution in [3.8, 4) is 11.4 Å². The summed E-state index contributed by atoms with van der Waals surface area (Å²) in [5.74, 6) is 0.0247. The number of nitro groups is 1. The highest BCUT2D eigenvalue weighted by atomic mass is 79.9. The second-order valence-corrected chi connectivity index (χ2v) is 8.17. The summed E-state index contributed by atoms with van der Waals surface area (Å²) in [6.45, 7) is 1.74. The number of hydrogen-bond acceptors (Lipinski definition) is 6. The lowest BCUT2D eigenvalue weighted by molar-refractivity contribution is -0.384. The van der Waals surface area contributed by atoms with Crippen LogP contribution in [0.3, 0.4) is 0 Å². The van der Waals surface area contributed by atoms with Crippen LogP contribution in [0.4, 0.5) is 11.4 Å². The third-order valence-corrected chi connectivity index (χ3v) is 5.62. The Balaban J connectivity index is 1.76. The number of methoxy groups -OCH3 is 1. The number of halogens is 1. The molecular weight excluding hydrogens is 460 g/mol. The molecule has 2 aromatic carbocycles. The molecule has 0 aliphatic carbocycles. The zero-order chi connectivity index (χ0) is 21.0. The molecule has 1 atom stereocenters. The molecule has 0 aliphatic heterocycles. The maximum atomic E-state index is 12.7. The fourth-order valence-electron chi connectivity index (χ4n) is 2.53. The van der Waals surface area contributed by atoms with Gasteiger partial charge in [-0.3, -0.25) is 19.5 Å². The lowest BCUT2D eigenvalue weighted by Gasteiger charge is -2.15. The Kier molecular flexibility index (Phi) is 6.55. The molecule has 8 nitrogen and oxygen atoms in total. The number of aromatic nitrogens is 2. The van der Waals surface area contributed by atoms with E-state index in [1.807, 2.05) is 35.0 Å². The summed E-state index contributed by atoms with van der Waals surface area (Å²) in [5.41, 5.74) is 1.03. The topological polar surface area (TPSA) is 99.3 Å². The fraction of sp³-hybridized carbons (Fsp3) is 0.158. The van der Waals surface area contributed by atoms with Gasteiger partial charge in [-0.25, -0.2) is 4.98 Å². The Bertz CT molecular complexity index is 1040. The smallest absolute Gasteiger partial charge is 0.271 e. The number of nitrogens with one attached hydrogen (secondary N) is 1. The maximum Gasteiger partial charge on any atom is 0.271 e. The predicted octanol–water partition coefficient (Wildman–Crippen LogP) is 4.67. The molecule has 0 saturated carbocycles. The lowest BCUT2D eigenvalue weighted by atomic mass is 10.2. The van der Waals surface area contributed by atoms with Crippen LogP contribution in [0.5, 0.6) is 5.75 Å². The van der Waals surface area contributed by atoms with E-state index in [0.29, 0.717) is 10.9 Å². The highest BCUT2D eigenvalue weighted by molar-refractivity contribution is 9.10. The number of carbonyl (C=O) groups is 1. The van der Waals surface area contributed by atoms with Gasteiger partial charge in [0.05, 0.1) is 23.0 Å². The van der Waals surface area contributed by atoms with Crippen LogP contribution in [0.2, 0.25) is 0 Å². The van der Waals surface area contributed by atoms with Gasteiger partial charge in [0.15, 0.2) is 5.16 Å². The molecular formula is C19H17BrN4O4S. The van der Waals surface area contributed by atoms with E-state index in [4.69, 9.17) is 4.74 Å². The lowest BCUT2D eigenvalue weighted by Crippen LogP contribution is -2.23. The molecule has 0 saturated heterocycles. The first-order chi connectivity index (χ1) is 13.9. The third-order valence-electron chi connectivity index (χ3n) is 4.01. The molecule has 1 aromatic heterocycles. The second kappa shape index (κ2) is 9.10. The third kappa shape index (κ3) is 4.96. The summed E-state index contributed by atoms with van der Waals surface area (Å²) in [4.78, 5) is 27.5. The van der Waals surface area contributed by atoms with Gasteiger partial charge in [-0.15, -0.1) is 0 Å². The van der Waals surface area contributed by atoms with E-state index < -0.39 is 10.2 Å². The van der Waals surface area contributed by atoms with Crippen molar-refractivity contribution in [1.29, 1.82) is 0 Å². The number of ether oxygens (including phenoxy) is 1. The molecule has 0 radical (unpaired) electrons. The van der Waals surface area contributed by atoms with Crippen molar-refractivity contribution in [2.45, 2.75) is 17.3 Å². The Morgan fingerprint density at radius 1 is 1.31 bits per heavy atom. The van der Waals surface area contributed by atoms with Crippen LogP contribution >= 0.6 is 27.7 Å². The molecule has 0 spiro atoms. The van der Waals surface area contributed by atoms with E-state index in [1.165, 1.54) is 37.1 Å². The van der Waals surface area contributed by atoms with Gasteiger partial charge < -0.3 is 10.1 Å². The Morgan fingerprint density at radius 3 is 2.69 bits per heavy atom. The SMILES string of the molecule is COc1ccc([N+](=O)[O-])cc1NC(=O)C(C)Sc1nccn1-c1ccc(Br)cc1. The van der Waals surface area contributed by atoms with Crippen LogP contribution in [0, 0.1) is 10.1 Å². The van der Waals surface area contributed by atoms with Gasteiger partial charge in [0.25, 0.3) is 5.69 Å². The second-order valence-electron chi connectivity index (χ2n) is 5.95. The molecule has 3 aromatic rings. The minimum atomic E-state index is -0.526. The van der Waals surface area contributed by atoms with Crippen molar-refractivity contribution >= 4 is 45.0 Å². The first kappa shape index (κ1) is 20.9. The zero-order valence-electron chi connectivity index (χ0n) is 15.5. The van der Waals surface area contributed by atoms with E-state index in [0.717, 1.165) is 10.2 Å². The Hall–Kier alpha value is -2.85. The van der Waals surface area contributed by atoms with E-state index in [-0.39, 0.29) is 17.3 Å². The molecule has 1 amide bonds. The Labute approximate surface area is 179 Å². The summed E-state index contributed by atoms with van der Waals surface area (Å²) in [7, 11) is 1.43. The van der Waals surface area contributed by atoms with Crippen LogP contribution in [-0.4, -0.2) is 32.7 Å². The van der Waals surface area contributed by atoms with Crippen molar-refractivity contribution in [2.24, 2.45) is 0 Å². The maximum absolute atomic E-state index is 12.7. The first-order valence-electron chi connectivity index (χ1n) is 8.48. The number of hydrogen-bond donors (Lipinski definition) is 1. The van der Waals surface area contributed by atoms with Crippen LogP contribution in [0.1, 0.15) is 6.92 Å². The molecule has 1 N–H and O–H groups in total. The number of carbonyl (C=O) groups excluding carboxylic acids is 1. The van der Waals surface area contributed by atoms with Gasteiger partial charge in [-0.2, -0.15) is 0 Å². The van der Waals surface area contributed by atoms with E-state index in [1.54, 1.807) is 13.1 Å². The van der Waals surface area contributed by atoms with Crippen molar-refractivity contribution in [2.75, 3.05) is 12.4 Å². The van der Waals surface area contributed by atoms with Gasteiger partial charge in [0.2, 0.25) is 5.91 Å². The van der Waals surface area contributed by atoms with Crippen molar-refractivity contribution < 1.29 is 14.5 Å². The average Bonchev–Trinajstić information content (AvgIpc) is 3.16. The van der Waals surface area contributed by atoms with Crippen LogP contribution in [-0.2, 0) is 4.79 Å². The number of nitrogens with zero attached hydrogens (tertiary/aromatic N) is 3. The van der Waals surface area contributed by atoms with Gasteiger partial charge in [-0.1, -0.05) is 27.7 Å². The summed E-state index contributed by atoms with van der Waals surface area (Å²) < 4.78 is 8.04. The van der Waals surface area contributed by atoms with Gasteiger partial charge in [0, 0.05) is 34.7 Å². The molecule has 150 valence electrons. The zero-order valence-corrected chi connectivity index (χ0v) is 17.9. The summed E-state index contributed by atoms with van der Waals surface area (Å²) >= 11 is 4.69. The number of amides is 1. The predicted molar refractivity (Wildman–Crippen MR) is 115 cm³/mol. The van der Waals surface area contributed by atoms with E-state index >= 15 is 0 Å². The normalized spacial score (nSPS) is 11.7. The molecule has 3 rings (SSSR count). The quantitative estimate of drug-likeness (QED) is 0.302. The summed E-state index contributed by atoms with van der Waals surface area (Å²) in [6, 6.07) is 11.8. The molecule has 1 unspecified atom stereocenters. The number of nitro benzene ring substituents is 1. The number of anilines is 1. The van der Waals surface area contributed by atoms with E-state index in [9.17, 15) is 14.9 Å². The van der Waals surface area contributed by atoms with Gasteiger partial charge >= 0.3 is 0 Å². The average molecular weight is 477 g/mol. The fourth-order valence-corrected chi connectivity index (χ4v) is 3.68. The van der Waals surface area contributed by atoms with Gasteiger partial charge in [0.1, 0.15) is 5.75 Å². The van der Waals surface area contributed by atoms with Crippen LogP contribution in [0.15, 0.2) is 64.5 Å². The number of benzene rings is 2. The highest BCUT2D eigenvalue weighted by Crippen LogP contribution is 2.31. The molecule has 0 fully saturated rings. The summed E-state index contributed by atoms with van der Waals surface area (Å²) in [5, 5.41) is 13.9. The number of imidazole rings is 1. The largest absolute Gasteiger partial charge is 0.495 e. The highest BCUT2D eigenvalue weighted by Gasteiger charge is 2.20. The standard InChI is InChI=1S/C19H17BrN4O4S/c1-12(18(25)22-16-11-15(24(26)27)7-8-17(16)28-2)29-19-21-9-10-23(19)14-5-3-13(20)4-6-14/h3-12H,1-2H3,(H,22,25). The number of non-ortho nitro benzene ring substituents is 1. The molecule has 29 heavy (non-hydrogen) atoms. The summed E-state index contributed by atoms with van der Waals surface area (Å²) in [6.07, 6.45) is 3.48. The van der Waals surface area contributed by atoms with E-state index in [2.05, 4.69) is 26.2 Å². The minimum absolute atomic E-state index is 0.132. The van der Waals surface area contributed by atoms with Crippen LogP contribution in [0.25, 0.3) is 5.69 Å². The van der Waals surface area contributed by atoms with Crippen molar-refractivity contribution in [3.63, 3.8) is 0 Å². The minimum Gasteiger partial charge on any atom is -0.495 e. The Morgan fingerprint density at radius 2 is 2.03 bits per heavy atom. The monoisotopic (exact) mass is 476 g/mol. The van der Waals surface area contributed by atoms with Crippen LogP contribution < -0.4 is 10.1 Å². The molecule has 1 heterocycles.